The van der Waals surface area contributed by atoms with Crippen LogP contribution in [0.4, 0.5) is 4.39 Å². The fourth-order valence-corrected chi connectivity index (χ4v) is 6.31. The van der Waals surface area contributed by atoms with Crippen LogP contribution in [0.15, 0.2) is 36.4 Å². The fourth-order valence-electron chi connectivity index (χ4n) is 4.88. The number of ether oxygens (including phenoxy) is 1. The van der Waals surface area contributed by atoms with Crippen molar-refractivity contribution >= 4 is 39.1 Å². The van der Waals surface area contributed by atoms with E-state index in [-0.39, 0.29) is 24.2 Å². The molecule has 0 saturated carbocycles. The maximum absolute atomic E-state index is 14.2. The predicted octanol–water partition coefficient (Wildman–Crippen LogP) is 4.41. The number of halogens is 3. The van der Waals surface area contributed by atoms with Crippen LogP contribution >= 0.6 is 23.2 Å². The average molecular weight is 575 g/mol. The van der Waals surface area contributed by atoms with Gasteiger partial charge in [0.15, 0.2) is 11.6 Å². The Morgan fingerprint density at radius 1 is 1.19 bits per heavy atom. The van der Waals surface area contributed by atoms with E-state index in [0.29, 0.717) is 48.2 Å². The van der Waals surface area contributed by atoms with Crippen LogP contribution in [0.2, 0.25) is 10.0 Å². The van der Waals surface area contributed by atoms with Gasteiger partial charge in [0.05, 0.1) is 28.8 Å². The molecule has 11 heteroatoms. The minimum atomic E-state index is -3.27. The highest BCUT2D eigenvalue weighted by atomic mass is 35.5. The van der Waals surface area contributed by atoms with E-state index >= 15 is 0 Å². The number of rotatable bonds is 9. The first-order chi connectivity index (χ1) is 17.3. The topological polar surface area (TPSA) is 70.2 Å². The number of carbonyl (C=O) groups is 1. The quantitative estimate of drug-likeness (QED) is 0.444. The number of benzene rings is 2. The standard InChI is InChI=1S/C26H34Cl2FN3O4S/c1-18-16-31(12-13-32(18)37(5,34)35)11-10-26(2,20-7-8-21(27)22(28)15-20)25(33)30(3)17-19-6-9-24(36-4)23(29)14-19/h6-9,14-15,18H,10-13,16-17H2,1-5H3. The molecule has 7 nitrogen and oxygen atoms in total. The van der Waals surface area contributed by atoms with Crippen molar-refractivity contribution in [3.63, 3.8) is 0 Å². The summed E-state index contributed by atoms with van der Waals surface area (Å²) in [6.07, 6.45) is 1.69. The number of likely N-dealkylation sites (N-methyl/N-ethyl adjacent to an activating group) is 1. The Labute approximate surface area is 229 Å². The van der Waals surface area contributed by atoms with Crippen LogP contribution in [0.3, 0.4) is 0 Å². The molecule has 0 aliphatic carbocycles. The second kappa shape index (κ2) is 11.9. The van der Waals surface area contributed by atoms with Gasteiger partial charge in [0.1, 0.15) is 0 Å². The zero-order chi connectivity index (χ0) is 27.5. The molecule has 1 saturated heterocycles. The number of hydrogen-bond donors (Lipinski definition) is 0. The van der Waals surface area contributed by atoms with Gasteiger partial charge in [0.2, 0.25) is 15.9 Å². The van der Waals surface area contributed by atoms with Crippen LogP contribution in [0.1, 0.15) is 31.4 Å². The molecule has 2 aromatic rings. The van der Waals surface area contributed by atoms with E-state index in [1.807, 2.05) is 13.8 Å². The molecular weight excluding hydrogens is 540 g/mol. The minimum Gasteiger partial charge on any atom is -0.494 e. The van der Waals surface area contributed by atoms with E-state index in [4.69, 9.17) is 27.9 Å². The number of piperazine rings is 1. The molecule has 204 valence electrons. The molecule has 1 aliphatic rings. The van der Waals surface area contributed by atoms with Gasteiger partial charge in [-0.3, -0.25) is 4.79 Å². The molecule has 1 heterocycles. The second-order valence-electron chi connectivity index (χ2n) is 9.86. The molecular formula is C26H34Cl2FN3O4S. The number of nitrogens with zero attached hydrogens (tertiary/aromatic N) is 3. The first kappa shape index (κ1) is 29.6. The van der Waals surface area contributed by atoms with E-state index in [0.717, 1.165) is 5.56 Å². The summed E-state index contributed by atoms with van der Waals surface area (Å²) in [5.41, 5.74) is 0.407. The SMILES string of the molecule is COc1ccc(CN(C)C(=O)C(C)(CCN2CCN(S(C)(=O)=O)C(C)C2)c2ccc(Cl)c(Cl)c2)cc1F. The monoisotopic (exact) mass is 573 g/mol. The second-order valence-corrected chi connectivity index (χ2v) is 12.6. The van der Waals surface area contributed by atoms with Crippen molar-refractivity contribution in [3.8, 4) is 5.75 Å². The molecule has 2 unspecified atom stereocenters. The third-order valence-electron chi connectivity index (χ3n) is 7.02. The van der Waals surface area contributed by atoms with Crippen LogP contribution in [0.5, 0.6) is 5.75 Å². The van der Waals surface area contributed by atoms with Gasteiger partial charge < -0.3 is 14.5 Å². The highest BCUT2D eigenvalue weighted by Crippen LogP contribution is 2.35. The lowest BCUT2D eigenvalue weighted by Gasteiger charge is -2.40. The van der Waals surface area contributed by atoms with Crippen molar-refractivity contribution in [2.75, 3.05) is 46.6 Å². The normalized spacial score (nSPS) is 18.9. The maximum atomic E-state index is 14.2. The number of sulfonamides is 1. The predicted molar refractivity (Wildman–Crippen MR) is 145 cm³/mol. The zero-order valence-corrected chi connectivity index (χ0v) is 24.1. The Kier molecular flexibility index (Phi) is 9.51. The first-order valence-corrected chi connectivity index (χ1v) is 14.6. The number of methoxy groups -OCH3 is 1. The maximum Gasteiger partial charge on any atom is 0.233 e. The van der Waals surface area contributed by atoms with Crippen LogP contribution in [0, 0.1) is 5.82 Å². The molecule has 2 aromatic carbocycles. The fraction of sp³-hybridized carbons (Fsp3) is 0.500. The summed E-state index contributed by atoms with van der Waals surface area (Å²) in [6, 6.07) is 9.66. The van der Waals surface area contributed by atoms with Gasteiger partial charge in [0.25, 0.3) is 0 Å². The van der Waals surface area contributed by atoms with Gasteiger partial charge >= 0.3 is 0 Å². The van der Waals surface area contributed by atoms with E-state index in [1.54, 1.807) is 42.3 Å². The number of hydrogen-bond acceptors (Lipinski definition) is 5. The summed E-state index contributed by atoms with van der Waals surface area (Å²) in [5.74, 6) is -0.496. The van der Waals surface area contributed by atoms with E-state index in [9.17, 15) is 17.6 Å². The minimum absolute atomic E-state index is 0.142. The van der Waals surface area contributed by atoms with Crippen molar-refractivity contribution in [2.24, 2.45) is 0 Å². The summed E-state index contributed by atoms with van der Waals surface area (Å²) in [7, 11) is -0.183. The van der Waals surface area contributed by atoms with Gasteiger partial charge in [0, 0.05) is 39.3 Å². The summed E-state index contributed by atoms with van der Waals surface area (Å²) in [5, 5.41) is 0.751. The van der Waals surface area contributed by atoms with Crippen molar-refractivity contribution in [2.45, 2.75) is 38.3 Å². The molecule has 0 N–H and O–H groups in total. The van der Waals surface area contributed by atoms with Crippen LogP contribution in [0.25, 0.3) is 0 Å². The third kappa shape index (κ3) is 6.95. The third-order valence-corrected chi connectivity index (χ3v) is 9.15. The van der Waals surface area contributed by atoms with Crippen molar-refractivity contribution in [3.05, 3.63) is 63.4 Å². The lowest BCUT2D eigenvalue weighted by Crippen LogP contribution is -2.54. The lowest BCUT2D eigenvalue weighted by atomic mass is 9.77. The van der Waals surface area contributed by atoms with Crippen LogP contribution < -0.4 is 4.74 Å². The molecule has 3 rings (SSSR count). The summed E-state index contributed by atoms with van der Waals surface area (Å²) < 4.78 is 44.8. The van der Waals surface area contributed by atoms with Crippen molar-refractivity contribution in [1.82, 2.24) is 14.1 Å². The lowest BCUT2D eigenvalue weighted by molar-refractivity contribution is -0.136. The van der Waals surface area contributed by atoms with Gasteiger partial charge in [-0.15, -0.1) is 0 Å². The molecule has 2 atom stereocenters. The number of amides is 1. The largest absolute Gasteiger partial charge is 0.494 e. The average Bonchev–Trinajstić information content (AvgIpc) is 2.83. The highest BCUT2D eigenvalue weighted by Gasteiger charge is 2.39. The molecule has 0 aromatic heterocycles. The summed E-state index contributed by atoms with van der Waals surface area (Å²) in [4.78, 5) is 17.7. The molecule has 0 radical (unpaired) electrons. The molecule has 0 spiro atoms. The highest BCUT2D eigenvalue weighted by molar-refractivity contribution is 7.88. The van der Waals surface area contributed by atoms with Gasteiger partial charge in [-0.25, -0.2) is 12.8 Å². The van der Waals surface area contributed by atoms with Crippen molar-refractivity contribution < 1.29 is 22.3 Å². The summed E-state index contributed by atoms with van der Waals surface area (Å²) in [6.45, 7) is 6.09. The first-order valence-electron chi connectivity index (χ1n) is 12.0. The van der Waals surface area contributed by atoms with E-state index in [2.05, 4.69) is 4.90 Å². The number of carbonyl (C=O) groups excluding carboxylic acids is 1. The zero-order valence-electron chi connectivity index (χ0n) is 21.8. The van der Waals surface area contributed by atoms with Crippen LogP contribution in [-0.2, 0) is 26.8 Å². The molecule has 1 amide bonds. The van der Waals surface area contributed by atoms with Gasteiger partial charge in [-0.2, -0.15) is 4.31 Å². The van der Waals surface area contributed by atoms with E-state index in [1.165, 1.54) is 23.7 Å². The Morgan fingerprint density at radius 3 is 2.46 bits per heavy atom. The molecule has 0 bridgehead atoms. The van der Waals surface area contributed by atoms with Gasteiger partial charge in [-0.05, 0) is 62.2 Å². The molecule has 1 fully saturated rings. The Hall–Kier alpha value is -1.91. The Morgan fingerprint density at radius 2 is 1.89 bits per heavy atom. The van der Waals surface area contributed by atoms with Crippen molar-refractivity contribution in [1.29, 1.82) is 0 Å². The summed E-state index contributed by atoms with van der Waals surface area (Å²) >= 11 is 12.5. The molecule has 37 heavy (non-hydrogen) atoms. The Balaban J connectivity index is 1.82. The Bertz CT molecular complexity index is 1250. The smallest absolute Gasteiger partial charge is 0.233 e. The van der Waals surface area contributed by atoms with Gasteiger partial charge in [-0.1, -0.05) is 35.3 Å². The van der Waals surface area contributed by atoms with E-state index < -0.39 is 21.3 Å². The van der Waals surface area contributed by atoms with Crippen LogP contribution in [-0.4, -0.2) is 81.1 Å². The molecule has 1 aliphatic heterocycles.